The molecule has 2 aliphatic rings. The van der Waals surface area contributed by atoms with Gasteiger partial charge in [0.15, 0.2) is 18.2 Å². The Balaban J connectivity index is 1.88. The van der Waals surface area contributed by atoms with Crippen LogP contribution >= 0.6 is 0 Å². The van der Waals surface area contributed by atoms with Gasteiger partial charge in [0.05, 0.1) is 13.2 Å². The van der Waals surface area contributed by atoms with Crippen LogP contribution in [0, 0.1) is 0 Å². The van der Waals surface area contributed by atoms with Crippen molar-refractivity contribution in [1.29, 1.82) is 0 Å². The first-order chi connectivity index (χ1) is 9.17. The largest absolute Gasteiger partial charge is 0.480 e. The molecule has 100 valence electrons. The summed E-state index contributed by atoms with van der Waals surface area (Å²) in [5.74, 6) is 0.767. The van der Waals surface area contributed by atoms with Crippen molar-refractivity contribution in [2.45, 2.75) is 6.10 Å². The number of anilines is 2. The number of amides is 2. The van der Waals surface area contributed by atoms with E-state index in [0.717, 1.165) is 0 Å². The second-order valence-electron chi connectivity index (χ2n) is 4.15. The number of aliphatic hydroxyl groups excluding tert-OH is 1. The highest BCUT2D eigenvalue weighted by atomic mass is 16.6. The van der Waals surface area contributed by atoms with E-state index in [1.165, 1.54) is 4.90 Å². The van der Waals surface area contributed by atoms with E-state index < -0.39 is 12.2 Å². The molecule has 1 atom stereocenters. The van der Waals surface area contributed by atoms with Crippen molar-refractivity contribution in [2.24, 2.45) is 0 Å². The maximum absolute atomic E-state index is 11.6. The molecule has 1 aromatic rings. The Morgan fingerprint density at radius 1 is 1.47 bits per heavy atom. The van der Waals surface area contributed by atoms with Crippen molar-refractivity contribution in [3.05, 3.63) is 12.1 Å². The predicted molar refractivity (Wildman–Crippen MR) is 63.1 cm³/mol. The molecule has 2 N–H and O–H groups in total. The number of nitrogens with zero attached hydrogens (tertiary/aromatic N) is 2. The van der Waals surface area contributed by atoms with Gasteiger partial charge in [0.2, 0.25) is 0 Å². The first kappa shape index (κ1) is 11.7. The zero-order chi connectivity index (χ0) is 13.4. The number of carbonyl (C=O) groups is 2. The molecule has 0 unspecified atom stereocenters. The van der Waals surface area contributed by atoms with Gasteiger partial charge in [-0.15, -0.1) is 0 Å². The fourth-order valence-electron chi connectivity index (χ4n) is 1.91. The highest BCUT2D eigenvalue weighted by Gasteiger charge is 2.33. The van der Waals surface area contributed by atoms with Gasteiger partial charge in [0.1, 0.15) is 11.9 Å². The van der Waals surface area contributed by atoms with Gasteiger partial charge in [-0.3, -0.25) is 9.69 Å². The van der Waals surface area contributed by atoms with Gasteiger partial charge in [-0.2, -0.15) is 0 Å². The zero-order valence-electron chi connectivity index (χ0n) is 9.83. The Morgan fingerprint density at radius 3 is 3.05 bits per heavy atom. The molecule has 1 aromatic heterocycles. The molecule has 8 nitrogen and oxygen atoms in total. The predicted octanol–water partition coefficient (Wildman–Crippen LogP) is -0.270. The quantitative estimate of drug-likeness (QED) is 0.763. The van der Waals surface area contributed by atoms with Gasteiger partial charge >= 0.3 is 6.09 Å². The van der Waals surface area contributed by atoms with Crippen molar-refractivity contribution in [2.75, 3.05) is 30.0 Å². The van der Waals surface area contributed by atoms with Gasteiger partial charge in [0, 0.05) is 0 Å². The lowest BCUT2D eigenvalue weighted by Gasteiger charge is -2.19. The molecular formula is C11H11N3O5. The second-order valence-corrected chi connectivity index (χ2v) is 4.15. The van der Waals surface area contributed by atoms with Crippen LogP contribution in [0.15, 0.2) is 12.1 Å². The molecule has 0 aliphatic carbocycles. The van der Waals surface area contributed by atoms with Crippen LogP contribution in [0.4, 0.5) is 16.4 Å². The first-order valence-corrected chi connectivity index (χ1v) is 5.70. The molecule has 2 aliphatic heterocycles. The Hall–Kier alpha value is -2.35. The number of carbonyl (C=O) groups excluding carboxylic acids is 2. The number of cyclic esters (lactones) is 1. The third kappa shape index (κ3) is 2.06. The summed E-state index contributed by atoms with van der Waals surface area (Å²) in [5.41, 5.74) is 0. The SMILES string of the molecule is O=C1COc2ccc(N3C[C@H](CO)OC3=O)nc2N1. The third-order valence-corrected chi connectivity index (χ3v) is 2.81. The van der Waals surface area contributed by atoms with Crippen molar-refractivity contribution < 1.29 is 24.2 Å². The average molecular weight is 265 g/mol. The normalized spacial score (nSPS) is 21.5. The van der Waals surface area contributed by atoms with Crippen molar-refractivity contribution in [3.8, 4) is 5.75 Å². The van der Waals surface area contributed by atoms with Gasteiger partial charge in [-0.05, 0) is 12.1 Å². The summed E-state index contributed by atoms with van der Waals surface area (Å²) in [4.78, 5) is 28.3. The van der Waals surface area contributed by atoms with E-state index in [0.29, 0.717) is 11.6 Å². The van der Waals surface area contributed by atoms with E-state index >= 15 is 0 Å². The highest BCUT2D eigenvalue weighted by Crippen LogP contribution is 2.29. The number of ether oxygens (including phenoxy) is 2. The van der Waals surface area contributed by atoms with Gasteiger partial charge in [-0.1, -0.05) is 0 Å². The number of nitrogens with one attached hydrogen (secondary N) is 1. The molecule has 19 heavy (non-hydrogen) atoms. The molecular weight excluding hydrogens is 254 g/mol. The van der Waals surface area contributed by atoms with Gasteiger partial charge in [0.25, 0.3) is 5.91 Å². The fourth-order valence-corrected chi connectivity index (χ4v) is 1.91. The lowest BCUT2D eigenvalue weighted by molar-refractivity contribution is -0.118. The van der Waals surface area contributed by atoms with Crippen LogP contribution in [0.2, 0.25) is 0 Å². The van der Waals surface area contributed by atoms with Crippen LogP contribution in [0.5, 0.6) is 5.75 Å². The van der Waals surface area contributed by atoms with E-state index in [2.05, 4.69) is 10.3 Å². The fraction of sp³-hybridized carbons (Fsp3) is 0.364. The van der Waals surface area contributed by atoms with Crippen molar-refractivity contribution in [3.63, 3.8) is 0 Å². The monoisotopic (exact) mass is 265 g/mol. The summed E-state index contributed by atoms with van der Waals surface area (Å²) in [5, 5.41) is 11.5. The Kier molecular flexibility index (Phi) is 2.71. The Bertz CT molecular complexity index is 547. The summed E-state index contributed by atoms with van der Waals surface area (Å²) in [6.45, 7) is -0.0741. The molecule has 3 heterocycles. The number of rotatable bonds is 2. The number of hydrogen-bond donors (Lipinski definition) is 2. The summed E-state index contributed by atoms with van der Waals surface area (Å²) in [6.07, 6.45) is -1.13. The topological polar surface area (TPSA) is 101 Å². The summed E-state index contributed by atoms with van der Waals surface area (Å²) >= 11 is 0. The minimum absolute atomic E-state index is 0.0492. The van der Waals surface area contributed by atoms with Crippen molar-refractivity contribution >= 4 is 23.6 Å². The van der Waals surface area contributed by atoms with E-state index in [4.69, 9.17) is 14.6 Å². The van der Waals surface area contributed by atoms with E-state index in [-0.39, 0.29) is 31.5 Å². The molecule has 0 bridgehead atoms. The molecule has 0 spiro atoms. The molecule has 0 radical (unpaired) electrons. The number of aliphatic hydroxyl groups is 1. The van der Waals surface area contributed by atoms with Gasteiger partial charge < -0.3 is 19.9 Å². The molecule has 0 saturated carbocycles. The summed E-state index contributed by atoms with van der Waals surface area (Å²) in [6, 6.07) is 3.22. The summed E-state index contributed by atoms with van der Waals surface area (Å²) < 4.78 is 10.1. The van der Waals surface area contributed by atoms with Crippen LogP contribution in [0.25, 0.3) is 0 Å². The smallest absolute Gasteiger partial charge is 0.416 e. The zero-order valence-corrected chi connectivity index (χ0v) is 9.83. The van der Waals surface area contributed by atoms with Crippen LogP contribution in [-0.2, 0) is 9.53 Å². The molecule has 8 heteroatoms. The Morgan fingerprint density at radius 2 is 2.32 bits per heavy atom. The number of aromatic nitrogens is 1. The minimum Gasteiger partial charge on any atom is -0.480 e. The molecule has 1 saturated heterocycles. The third-order valence-electron chi connectivity index (χ3n) is 2.81. The lowest BCUT2D eigenvalue weighted by atomic mass is 10.3. The second kappa shape index (κ2) is 4.39. The van der Waals surface area contributed by atoms with Crippen LogP contribution in [0.1, 0.15) is 0 Å². The van der Waals surface area contributed by atoms with E-state index in [9.17, 15) is 9.59 Å². The maximum atomic E-state index is 11.6. The molecule has 3 rings (SSSR count). The first-order valence-electron chi connectivity index (χ1n) is 5.70. The standard InChI is InChI=1S/C11H11N3O5/c15-4-6-3-14(11(17)19-6)8-2-1-7-10(12-8)13-9(16)5-18-7/h1-2,6,15H,3-5H2,(H,12,13,16)/t6-/m1/s1. The van der Waals surface area contributed by atoms with Crippen LogP contribution in [0.3, 0.4) is 0 Å². The highest BCUT2D eigenvalue weighted by molar-refractivity contribution is 5.95. The average Bonchev–Trinajstić information content (AvgIpc) is 2.79. The molecule has 2 amide bonds. The number of fused-ring (bicyclic) bond motifs is 1. The van der Waals surface area contributed by atoms with Crippen LogP contribution < -0.4 is 15.0 Å². The van der Waals surface area contributed by atoms with Gasteiger partial charge in [-0.25, -0.2) is 9.78 Å². The maximum Gasteiger partial charge on any atom is 0.416 e. The number of pyridine rings is 1. The van der Waals surface area contributed by atoms with Crippen molar-refractivity contribution in [1.82, 2.24) is 4.98 Å². The summed E-state index contributed by atoms with van der Waals surface area (Å²) in [7, 11) is 0. The van der Waals surface area contributed by atoms with E-state index in [1.54, 1.807) is 12.1 Å². The van der Waals surface area contributed by atoms with E-state index in [1.807, 2.05) is 0 Å². The lowest BCUT2D eigenvalue weighted by Crippen LogP contribution is -2.29. The number of hydrogen-bond acceptors (Lipinski definition) is 6. The minimum atomic E-state index is -0.574. The van der Waals surface area contributed by atoms with Crippen LogP contribution in [-0.4, -0.2) is 48.0 Å². The molecule has 0 aromatic carbocycles. The molecule has 1 fully saturated rings. The Labute approximate surface area is 107 Å².